The molecule has 2 aliphatic heterocycles. The molecule has 160 valence electrons. The van der Waals surface area contributed by atoms with Gasteiger partial charge in [-0.1, -0.05) is 13.8 Å². The van der Waals surface area contributed by atoms with Crippen molar-refractivity contribution in [1.82, 2.24) is 4.98 Å². The Hall–Kier alpha value is -2.61. The third kappa shape index (κ3) is 3.53. The molecule has 0 bridgehead atoms. The summed E-state index contributed by atoms with van der Waals surface area (Å²) in [6.07, 6.45) is 2.31. The van der Waals surface area contributed by atoms with E-state index in [1.54, 1.807) is 0 Å². The third-order valence-electron chi connectivity index (χ3n) is 6.04. The Balaban J connectivity index is 1.78. The van der Waals surface area contributed by atoms with Gasteiger partial charge >= 0.3 is 0 Å². The van der Waals surface area contributed by atoms with Gasteiger partial charge in [0.05, 0.1) is 18.9 Å². The molecule has 0 unspecified atom stereocenters. The minimum atomic E-state index is -0.996. The summed E-state index contributed by atoms with van der Waals surface area (Å²) < 4.78 is 53.5. The quantitative estimate of drug-likeness (QED) is 0.783. The van der Waals surface area contributed by atoms with Crippen LogP contribution in [0.5, 0.6) is 11.6 Å². The third-order valence-corrected chi connectivity index (χ3v) is 6.04. The summed E-state index contributed by atoms with van der Waals surface area (Å²) in [4.78, 5) is 8.39. The van der Waals surface area contributed by atoms with Crippen molar-refractivity contribution in [3.05, 3.63) is 53.5 Å². The number of benzene rings is 1. The van der Waals surface area contributed by atoms with Crippen LogP contribution < -0.4 is 10.5 Å². The fourth-order valence-electron chi connectivity index (χ4n) is 4.36. The standard InChI is InChI=1S/C22H24F3N3O2/c1-12-6-13-9-21(2,3)20(26)28-22(13,11-29-12)16-8-15(4-5-17(16)24)30-19-18(25)7-14(23)10-27-19/h4-5,7-8,10,12-13H,6,9,11H2,1-3H3,(H2,26,28)/t12-,13+,22+/m1/s1. The lowest BCUT2D eigenvalue weighted by Gasteiger charge is -2.50. The van der Waals surface area contributed by atoms with E-state index in [1.165, 1.54) is 18.2 Å². The zero-order valence-electron chi connectivity index (χ0n) is 17.1. The number of rotatable bonds is 3. The Kier molecular flexibility index (Phi) is 5.00. The first-order chi connectivity index (χ1) is 14.1. The highest BCUT2D eigenvalue weighted by molar-refractivity contribution is 5.87. The summed E-state index contributed by atoms with van der Waals surface area (Å²) in [6, 6.07) is 4.75. The van der Waals surface area contributed by atoms with Crippen molar-refractivity contribution in [3.63, 3.8) is 0 Å². The van der Waals surface area contributed by atoms with E-state index in [1.807, 2.05) is 20.8 Å². The predicted molar refractivity (Wildman–Crippen MR) is 106 cm³/mol. The Morgan fingerprint density at radius 1 is 1.17 bits per heavy atom. The van der Waals surface area contributed by atoms with Gasteiger partial charge in [0.15, 0.2) is 5.82 Å². The second-order valence-corrected chi connectivity index (χ2v) is 8.75. The molecule has 0 radical (unpaired) electrons. The fraction of sp³-hybridized carbons (Fsp3) is 0.455. The first-order valence-electron chi connectivity index (χ1n) is 9.87. The summed E-state index contributed by atoms with van der Waals surface area (Å²) in [5.41, 5.74) is 5.24. The molecule has 1 saturated heterocycles. The first kappa shape index (κ1) is 20.7. The number of aliphatic imine (C=N–C) groups is 1. The van der Waals surface area contributed by atoms with E-state index < -0.39 is 28.9 Å². The number of ether oxygens (including phenoxy) is 2. The first-order valence-corrected chi connectivity index (χ1v) is 9.87. The van der Waals surface area contributed by atoms with E-state index in [4.69, 9.17) is 20.2 Å². The summed E-state index contributed by atoms with van der Waals surface area (Å²) in [6.45, 7) is 6.21. The molecule has 1 aromatic carbocycles. The highest BCUT2D eigenvalue weighted by atomic mass is 19.1. The number of halogens is 3. The fourth-order valence-corrected chi connectivity index (χ4v) is 4.36. The molecule has 30 heavy (non-hydrogen) atoms. The Bertz CT molecular complexity index is 1010. The van der Waals surface area contributed by atoms with Crippen LogP contribution in [0.3, 0.4) is 0 Å². The predicted octanol–water partition coefficient (Wildman–Crippen LogP) is 4.70. The van der Waals surface area contributed by atoms with Crippen LogP contribution in [0.25, 0.3) is 0 Å². The second-order valence-electron chi connectivity index (χ2n) is 8.75. The highest BCUT2D eigenvalue weighted by Crippen LogP contribution is 2.51. The van der Waals surface area contributed by atoms with E-state index in [2.05, 4.69) is 4.98 Å². The van der Waals surface area contributed by atoms with Gasteiger partial charge in [0, 0.05) is 17.0 Å². The van der Waals surface area contributed by atoms with E-state index in [-0.39, 0.29) is 35.4 Å². The van der Waals surface area contributed by atoms with Crippen LogP contribution in [-0.2, 0) is 10.3 Å². The number of hydrogen-bond donors (Lipinski definition) is 1. The molecular formula is C22H24F3N3O2. The molecule has 3 heterocycles. The summed E-state index contributed by atoms with van der Waals surface area (Å²) in [7, 11) is 0. The lowest BCUT2D eigenvalue weighted by molar-refractivity contribution is -0.0657. The Labute approximate surface area is 173 Å². The maximum absolute atomic E-state index is 15.0. The van der Waals surface area contributed by atoms with Crippen molar-refractivity contribution >= 4 is 5.84 Å². The van der Waals surface area contributed by atoms with Gasteiger partial charge in [-0.25, -0.2) is 18.2 Å². The van der Waals surface area contributed by atoms with Gasteiger partial charge in [0.1, 0.15) is 28.8 Å². The summed E-state index contributed by atoms with van der Waals surface area (Å²) >= 11 is 0. The van der Waals surface area contributed by atoms with Gasteiger partial charge < -0.3 is 15.2 Å². The number of hydrogen-bond acceptors (Lipinski definition) is 5. The van der Waals surface area contributed by atoms with Gasteiger partial charge in [-0.2, -0.15) is 0 Å². The van der Waals surface area contributed by atoms with Crippen molar-refractivity contribution in [2.24, 2.45) is 22.1 Å². The molecule has 3 atom stereocenters. The normalized spacial score (nSPS) is 27.9. The van der Waals surface area contributed by atoms with Crippen LogP contribution in [0.2, 0.25) is 0 Å². The molecule has 5 nitrogen and oxygen atoms in total. The number of aromatic nitrogens is 1. The topological polar surface area (TPSA) is 69.7 Å². The van der Waals surface area contributed by atoms with Gasteiger partial charge in [-0.3, -0.25) is 4.99 Å². The van der Waals surface area contributed by atoms with E-state index in [0.717, 1.165) is 12.6 Å². The van der Waals surface area contributed by atoms with Crippen LogP contribution in [0.4, 0.5) is 13.2 Å². The Morgan fingerprint density at radius 2 is 1.93 bits per heavy atom. The molecule has 2 aliphatic rings. The smallest absolute Gasteiger partial charge is 0.256 e. The molecule has 4 rings (SSSR count). The van der Waals surface area contributed by atoms with E-state index in [9.17, 15) is 8.78 Å². The van der Waals surface area contributed by atoms with Gasteiger partial charge in [-0.15, -0.1) is 0 Å². The average molecular weight is 419 g/mol. The lowest BCUT2D eigenvalue weighted by Crippen LogP contribution is -2.54. The Morgan fingerprint density at radius 3 is 2.67 bits per heavy atom. The number of fused-ring (bicyclic) bond motifs is 1. The van der Waals surface area contributed by atoms with Gasteiger partial charge in [0.2, 0.25) is 0 Å². The molecule has 1 aromatic heterocycles. The molecular weight excluding hydrogens is 395 g/mol. The van der Waals surface area contributed by atoms with E-state index >= 15 is 4.39 Å². The SMILES string of the molecule is C[C@@H]1C[C@H]2CC(C)(C)C(N)=N[C@@]2(c2cc(Oc3ncc(F)cc3F)ccc2F)CO1. The van der Waals surface area contributed by atoms with Crippen molar-refractivity contribution in [2.75, 3.05) is 6.61 Å². The van der Waals surface area contributed by atoms with Crippen LogP contribution in [0, 0.1) is 28.8 Å². The minimum absolute atomic E-state index is 0.00832. The van der Waals surface area contributed by atoms with Crippen LogP contribution >= 0.6 is 0 Å². The van der Waals surface area contributed by atoms with Crippen molar-refractivity contribution < 1.29 is 22.6 Å². The van der Waals surface area contributed by atoms with Crippen LogP contribution in [0.1, 0.15) is 39.2 Å². The van der Waals surface area contributed by atoms with Crippen LogP contribution in [0.15, 0.2) is 35.5 Å². The van der Waals surface area contributed by atoms with Crippen molar-refractivity contribution in [2.45, 2.75) is 45.3 Å². The average Bonchev–Trinajstić information content (AvgIpc) is 2.66. The summed E-state index contributed by atoms with van der Waals surface area (Å²) in [5.74, 6) is -2.03. The number of pyridine rings is 1. The largest absolute Gasteiger partial charge is 0.436 e. The van der Waals surface area contributed by atoms with Crippen molar-refractivity contribution in [3.8, 4) is 11.6 Å². The second kappa shape index (κ2) is 7.27. The maximum atomic E-state index is 15.0. The molecule has 0 spiro atoms. The van der Waals surface area contributed by atoms with Gasteiger partial charge in [-0.05, 0) is 43.9 Å². The van der Waals surface area contributed by atoms with E-state index in [0.29, 0.717) is 18.3 Å². The molecule has 2 aromatic rings. The number of nitrogens with zero attached hydrogens (tertiary/aromatic N) is 2. The molecule has 8 heteroatoms. The molecule has 0 saturated carbocycles. The number of nitrogens with two attached hydrogens (primary N) is 1. The molecule has 1 fully saturated rings. The molecule has 0 aliphatic carbocycles. The molecule has 0 amide bonds. The molecule has 2 N–H and O–H groups in total. The lowest BCUT2D eigenvalue weighted by atomic mass is 9.65. The highest BCUT2D eigenvalue weighted by Gasteiger charge is 2.52. The van der Waals surface area contributed by atoms with Gasteiger partial charge in [0.25, 0.3) is 5.88 Å². The number of amidine groups is 1. The summed E-state index contributed by atoms with van der Waals surface area (Å²) in [5, 5.41) is 0. The zero-order valence-corrected chi connectivity index (χ0v) is 17.1. The maximum Gasteiger partial charge on any atom is 0.256 e. The monoisotopic (exact) mass is 419 g/mol. The van der Waals surface area contributed by atoms with Crippen molar-refractivity contribution in [1.29, 1.82) is 0 Å². The zero-order chi connectivity index (χ0) is 21.7. The minimum Gasteiger partial charge on any atom is -0.436 e. The van der Waals surface area contributed by atoms with Crippen LogP contribution in [-0.4, -0.2) is 23.5 Å².